The third kappa shape index (κ3) is 3.96. The SMILES string of the molecule is COc1cc(O)cc(OC)c1[C@H]1C2=CC[C@@H]3C(=O)N(c4ccc(C(=O)O)cc4)C(=O)[C@@H]3[C@@H]2C[C@H]2C(=O)C=C(C)C(=O)[C@@]12C. The van der Waals surface area contributed by atoms with Gasteiger partial charge < -0.3 is 19.7 Å². The van der Waals surface area contributed by atoms with Gasteiger partial charge in [-0.15, -0.1) is 0 Å². The summed E-state index contributed by atoms with van der Waals surface area (Å²) in [6.45, 7) is 3.39. The van der Waals surface area contributed by atoms with E-state index in [4.69, 9.17) is 9.47 Å². The lowest BCUT2D eigenvalue weighted by atomic mass is 9.47. The van der Waals surface area contributed by atoms with Gasteiger partial charge >= 0.3 is 5.97 Å². The van der Waals surface area contributed by atoms with E-state index in [1.165, 1.54) is 56.7 Å². The molecule has 4 aliphatic rings. The van der Waals surface area contributed by atoms with Gasteiger partial charge in [0, 0.05) is 29.5 Å². The maximum atomic E-state index is 14.1. The topological polar surface area (TPSA) is 148 Å². The molecule has 6 rings (SSSR count). The van der Waals surface area contributed by atoms with E-state index in [-0.39, 0.29) is 58.8 Å². The number of hydrogen-bond donors (Lipinski definition) is 2. The molecule has 0 spiro atoms. The Bertz CT molecular complexity index is 1640. The fraction of sp³-hybridized carbons (Fsp3) is 0.364. The molecule has 0 unspecified atom stereocenters. The molecule has 10 nitrogen and oxygen atoms in total. The number of amides is 2. The number of carboxylic acids is 1. The molecule has 43 heavy (non-hydrogen) atoms. The quantitative estimate of drug-likeness (QED) is 0.391. The molecule has 0 bridgehead atoms. The first-order valence-corrected chi connectivity index (χ1v) is 14.1. The molecule has 0 radical (unpaired) electrons. The molecule has 0 aromatic heterocycles. The summed E-state index contributed by atoms with van der Waals surface area (Å²) in [5.41, 5.74) is 0.625. The van der Waals surface area contributed by atoms with Gasteiger partial charge in [-0.1, -0.05) is 18.6 Å². The van der Waals surface area contributed by atoms with Crippen LogP contribution in [-0.2, 0) is 19.2 Å². The van der Waals surface area contributed by atoms with E-state index >= 15 is 0 Å². The van der Waals surface area contributed by atoms with Crippen molar-refractivity contribution in [2.45, 2.75) is 32.6 Å². The summed E-state index contributed by atoms with van der Waals surface area (Å²) in [5.74, 6) is -5.49. The van der Waals surface area contributed by atoms with Gasteiger partial charge in [0.15, 0.2) is 11.6 Å². The third-order valence-electron chi connectivity index (χ3n) is 9.83. The Morgan fingerprint density at radius 1 is 0.977 bits per heavy atom. The number of anilines is 1. The van der Waals surface area contributed by atoms with Gasteiger partial charge in [0.1, 0.15) is 17.2 Å². The summed E-state index contributed by atoms with van der Waals surface area (Å²) in [5, 5.41) is 19.7. The van der Waals surface area contributed by atoms with Crippen molar-refractivity contribution in [1.82, 2.24) is 0 Å². The average Bonchev–Trinajstić information content (AvgIpc) is 3.24. The van der Waals surface area contributed by atoms with Gasteiger partial charge in [-0.25, -0.2) is 4.79 Å². The van der Waals surface area contributed by atoms with Crippen LogP contribution in [-0.4, -0.2) is 53.8 Å². The number of ketones is 2. The van der Waals surface area contributed by atoms with Crippen molar-refractivity contribution in [3.63, 3.8) is 0 Å². The zero-order chi connectivity index (χ0) is 31.0. The van der Waals surface area contributed by atoms with Gasteiger partial charge in [-0.2, -0.15) is 0 Å². The molecule has 1 heterocycles. The van der Waals surface area contributed by atoms with E-state index in [1.54, 1.807) is 13.8 Å². The van der Waals surface area contributed by atoms with Gasteiger partial charge in [-0.05, 0) is 61.6 Å². The standard InChI is InChI=1S/C33H31NO9/c1-15-11-23(36)22-14-21-19(28(33(22,2)29(15)37)27-24(42-3)12-18(35)13-25(27)43-4)9-10-20-26(21)31(39)34(30(20)38)17-7-5-16(6-8-17)32(40)41/h5-9,11-13,20-22,26,28,35H,10,14H2,1-4H3,(H,40,41)/t20-,21+,22-,26-,28+,33+/m0/s1. The number of aromatic hydroxyl groups is 1. The highest BCUT2D eigenvalue weighted by atomic mass is 16.5. The molecule has 10 heteroatoms. The van der Waals surface area contributed by atoms with Crippen LogP contribution >= 0.6 is 0 Å². The Hall–Kier alpha value is -4.73. The van der Waals surface area contributed by atoms with Crippen LogP contribution < -0.4 is 14.4 Å². The summed E-state index contributed by atoms with van der Waals surface area (Å²) in [7, 11) is 2.88. The number of fused-ring (bicyclic) bond motifs is 4. The Kier molecular flexibility index (Phi) is 6.56. The second kappa shape index (κ2) is 9.93. The maximum absolute atomic E-state index is 14.1. The molecule has 2 aromatic rings. The molecule has 1 saturated heterocycles. The lowest BCUT2D eigenvalue weighted by Crippen LogP contribution is -2.54. The molecule has 6 atom stereocenters. The van der Waals surface area contributed by atoms with Crippen molar-refractivity contribution in [2.75, 3.05) is 19.1 Å². The van der Waals surface area contributed by atoms with Crippen LogP contribution in [0.15, 0.2) is 59.7 Å². The lowest BCUT2D eigenvalue weighted by Gasteiger charge is -2.54. The van der Waals surface area contributed by atoms with Crippen molar-refractivity contribution in [1.29, 1.82) is 0 Å². The molecule has 1 saturated carbocycles. The number of aromatic carboxylic acids is 1. The minimum Gasteiger partial charge on any atom is -0.508 e. The molecular formula is C33H31NO9. The number of Topliss-reactive ketones (excluding diaryl/α,β-unsaturated/α-hetero) is 1. The van der Waals surface area contributed by atoms with E-state index < -0.39 is 46.9 Å². The Labute approximate surface area is 247 Å². The van der Waals surface area contributed by atoms with Crippen LogP contribution in [0.25, 0.3) is 0 Å². The maximum Gasteiger partial charge on any atom is 0.335 e. The van der Waals surface area contributed by atoms with Crippen LogP contribution in [0.1, 0.15) is 48.5 Å². The monoisotopic (exact) mass is 585 g/mol. The van der Waals surface area contributed by atoms with Gasteiger partial charge in [-0.3, -0.25) is 24.1 Å². The summed E-state index contributed by atoms with van der Waals surface area (Å²) in [4.78, 5) is 68.0. The summed E-state index contributed by atoms with van der Waals surface area (Å²) in [6.07, 6.45) is 3.71. The molecule has 3 aliphatic carbocycles. The number of phenols is 1. The summed E-state index contributed by atoms with van der Waals surface area (Å²) >= 11 is 0. The molecule has 222 valence electrons. The zero-order valence-corrected chi connectivity index (χ0v) is 24.1. The minimum absolute atomic E-state index is 0.0271. The second-order valence-corrected chi connectivity index (χ2v) is 11.9. The number of nitrogens with zero attached hydrogens (tertiary/aromatic N) is 1. The zero-order valence-electron chi connectivity index (χ0n) is 24.1. The number of carbonyl (C=O) groups is 5. The van der Waals surface area contributed by atoms with Crippen molar-refractivity contribution in [3.05, 3.63) is 70.8 Å². The number of rotatable bonds is 5. The predicted octanol–water partition coefficient (Wildman–Crippen LogP) is 4.07. The normalized spacial score (nSPS) is 29.8. The summed E-state index contributed by atoms with van der Waals surface area (Å²) < 4.78 is 11.4. The van der Waals surface area contributed by atoms with Crippen LogP contribution in [0.3, 0.4) is 0 Å². The van der Waals surface area contributed by atoms with Gasteiger partial charge in [0.25, 0.3) is 0 Å². The number of ether oxygens (including phenoxy) is 2. The first kappa shape index (κ1) is 28.4. The number of carbonyl (C=O) groups excluding carboxylic acids is 4. The fourth-order valence-corrected chi connectivity index (χ4v) is 7.92. The van der Waals surface area contributed by atoms with Crippen LogP contribution in [0, 0.1) is 29.1 Å². The first-order valence-electron chi connectivity index (χ1n) is 14.1. The van der Waals surface area contributed by atoms with E-state index in [0.717, 1.165) is 10.5 Å². The Morgan fingerprint density at radius 3 is 2.19 bits per heavy atom. The first-order chi connectivity index (χ1) is 20.4. The van der Waals surface area contributed by atoms with E-state index in [0.29, 0.717) is 11.1 Å². The molecular weight excluding hydrogens is 554 g/mol. The number of benzene rings is 2. The van der Waals surface area contributed by atoms with E-state index in [9.17, 15) is 34.2 Å². The van der Waals surface area contributed by atoms with Gasteiger partial charge in [0.05, 0.1) is 42.7 Å². The van der Waals surface area contributed by atoms with Gasteiger partial charge in [0.2, 0.25) is 11.8 Å². The number of allylic oxidation sites excluding steroid dienone is 4. The second-order valence-electron chi connectivity index (χ2n) is 11.9. The molecule has 2 aromatic carbocycles. The smallest absolute Gasteiger partial charge is 0.335 e. The molecule has 2 fully saturated rings. The van der Waals surface area contributed by atoms with Crippen LogP contribution in [0.5, 0.6) is 17.2 Å². The van der Waals surface area contributed by atoms with E-state index in [2.05, 4.69) is 0 Å². The van der Waals surface area contributed by atoms with Crippen molar-refractivity contribution >= 4 is 35.0 Å². The molecule has 2 amide bonds. The fourth-order valence-electron chi connectivity index (χ4n) is 7.92. The highest BCUT2D eigenvalue weighted by Crippen LogP contribution is 2.64. The van der Waals surface area contributed by atoms with Crippen LogP contribution in [0.2, 0.25) is 0 Å². The highest BCUT2D eigenvalue weighted by Gasteiger charge is 2.64. The van der Waals surface area contributed by atoms with E-state index in [1.807, 2.05) is 6.08 Å². The van der Waals surface area contributed by atoms with Crippen molar-refractivity contribution in [3.8, 4) is 17.2 Å². The minimum atomic E-state index is -1.25. The number of imide groups is 1. The average molecular weight is 586 g/mol. The highest BCUT2D eigenvalue weighted by molar-refractivity contribution is 6.22. The number of phenolic OH excluding ortho intramolecular Hbond substituents is 1. The predicted molar refractivity (Wildman–Crippen MR) is 153 cm³/mol. The molecule has 1 aliphatic heterocycles. The number of hydrogen-bond acceptors (Lipinski definition) is 8. The lowest BCUT2D eigenvalue weighted by molar-refractivity contribution is -0.141. The summed E-state index contributed by atoms with van der Waals surface area (Å²) in [6, 6.07) is 8.42. The largest absolute Gasteiger partial charge is 0.508 e. The van der Waals surface area contributed by atoms with Crippen molar-refractivity contribution in [2.24, 2.45) is 29.1 Å². The Balaban J connectivity index is 1.52. The third-order valence-corrected chi connectivity index (χ3v) is 9.83. The number of carboxylic acid groups (broad SMARTS) is 1. The molecule has 2 N–H and O–H groups in total. The number of methoxy groups -OCH3 is 2. The Morgan fingerprint density at radius 2 is 1.60 bits per heavy atom. The van der Waals surface area contributed by atoms with Crippen LogP contribution in [0.4, 0.5) is 5.69 Å². The van der Waals surface area contributed by atoms with Crippen molar-refractivity contribution < 1.29 is 43.7 Å².